The molecule has 178 valence electrons. The van der Waals surface area contributed by atoms with Crippen LogP contribution in [0.15, 0.2) is 11.6 Å². The van der Waals surface area contributed by atoms with E-state index in [4.69, 9.17) is 9.47 Å². The lowest BCUT2D eigenvalue weighted by molar-refractivity contribution is -0.312. The molecule has 3 saturated carbocycles. The van der Waals surface area contributed by atoms with Gasteiger partial charge in [0.05, 0.1) is 6.10 Å². The molecule has 4 aliphatic carbocycles. The van der Waals surface area contributed by atoms with Crippen molar-refractivity contribution in [1.29, 1.82) is 0 Å². The standard InChI is InChI=1S/C24H34O8/c1-24-9-8-14-13-5-3-12(25)10-11(13)2-4-15(14)16(24)6-7-17(24)31-23-20(28)18(26)19(27)21(32-23)22(29)30/h10,13-21,23,26-28H,2-9H2,1H3,(H,29,30)/t13-,14+,15+,16-,17-,18-,19-,20+,21-,23+,24-/m0/s1. The van der Waals surface area contributed by atoms with Crippen molar-refractivity contribution in [2.45, 2.75) is 95.1 Å². The number of hydrogen-bond acceptors (Lipinski definition) is 7. The fourth-order valence-corrected chi connectivity index (χ4v) is 7.68. The van der Waals surface area contributed by atoms with E-state index in [0.717, 1.165) is 44.9 Å². The minimum atomic E-state index is -1.71. The molecule has 1 heterocycles. The molecule has 11 atom stereocenters. The number of carboxylic acids is 1. The molecule has 0 amide bonds. The Balaban J connectivity index is 1.31. The van der Waals surface area contributed by atoms with Crippen molar-refractivity contribution in [2.24, 2.45) is 29.1 Å². The van der Waals surface area contributed by atoms with E-state index in [1.54, 1.807) is 0 Å². The molecule has 4 N–H and O–H groups in total. The van der Waals surface area contributed by atoms with Crippen LogP contribution >= 0.6 is 0 Å². The van der Waals surface area contributed by atoms with Gasteiger partial charge in [-0.15, -0.1) is 0 Å². The Kier molecular flexibility index (Phi) is 5.73. The van der Waals surface area contributed by atoms with Gasteiger partial charge in [-0.3, -0.25) is 4.79 Å². The van der Waals surface area contributed by atoms with Gasteiger partial charge in [0.15, 0.2) is 18.2 Å². The van der Waals surface area contributed by atoms with Crippen LogP contribution in [0, 0.1) is 29.1 Å². The highest BCUT2D eigenvalue weighted by Gasteiger charge is 2.58. The zero-order chi connectivity index (χ0) is 22.8. The maximum absolute atomic E-state index is 11.9. The molecule has 0 radical (unpaired) electrons. The first-order valence-electron chi connectivity index (χ1n) is 12.0. The summed E-state index contributed by atoms with van der Waals surface area (Å²) in [5.74, 6) is 1.04. The largest absolute Gasteiger partial charge is 0.479 e. The molecule has 8 heteroatoms. The number of ketones is 1. The summed E-state index contributed by atoms with van der Waals surface area (Å²) in [6.45, 7) is 2.23. The lowest BCUT2D eigenvalue weighted by Crippen LogP contribution is -2.61. The van der Waals surface area contributed by atoms with Crippen LogP contribution in [-0.4, -0.2) is 69.0 Å². The lowest BCUT2D eigenvalue weighted by Gasteiger charge is -2.54. The van der Waals surface area contributed by atoms with Crippen molar-refractivity contribution in [3.63, 3.8) is 0 Å². The number of hydrogen-bond donors (Lipinski definition) is 4. The van der Waals surface area contributed by atoms with E-state index in [9.17, 15) is 30.0 Å². The summed E-state index contributed by atoms with van der Waals surface area (Å²) < 4.78 is 11.6. The van der Waals surface area contributed by atoms with Crippen molar-refractivity contribution < 1.29 is 39.5 Å². The number of carbonyl (C=O) groups is 2. The highest BCUT2D eigenvalue weighted by molar-refractivity contribution is 5.91. The number of ether oxygens (including phenoxy) is 2. The fraction of sp³-hybridized carbons (Fsp3) is 0.833. The van der Waals surface area contributed by atoms with Gasteiger partial charge in [0.1, 0.15) is 18.3 Å². The van der Waals surface area contributed by atoms with E-state index in [1.807, 2.05) is 6.08 Å². The number of fused-ring (bicyclic) bond motifs is 5. The Bertz CT molecular complexity index is 810. The van der Waals surface area contributed by atoms with Crippen molar-refractivity contribution in [2.75, 3.05) is 0 Å². The van der Waals surface area contributed by atoms with E-state index in [2.05, 4.69) is 6.92 Å². The van der Waals surface area contributed by atoms with Gasteiger partial charge in [0.2, 0.25) is 0 Å². The number of aliphatic hydroxyl groups is 3. The summed E-state index contributed by atoms with van der Waals surface area (Å²) in [6, 6.07) is 0. The van der Waals surface area contributed by atoms with Crippen LogP contribution in [0.25, 0.3) is 0 Å². The topological polar surface area (TPSA) is 134 Å². The Hall–Kier alpha value is -1.32. The third-order valence-corrected chi connectivity index (χ3v) is 9.32. The zero-order valence-electron chi connectivity index (χ0n) is 18.4. The van der Waals surface area contributed by atoms with Crippen LogP contribution in [-0.2, 0) is 19.1 Å². The molecule has 1 aliphatic heterocycles. The monoisotopic (exact) mass is 450 g/mol. The first-order chi connectivity index (χ1) is 15.2. The van der Waals surface area contributed by atoms with Gasteiger partial charge in [-0.2, -0.15) is 0 Å². The fourth-order valence-electron chi connectivity index (χ4n) is 7.68. The van der Waals surface area contributed by atoms with Gasteiger partial charge in [-0.25, -0.2) is 4.79 Å². The molecule has 0 aromatic rings. The molecule has 8 nitrogen and oxygen atoms in total. The van der Waals surface area contributed by atoms with E-state index >= 15 is 0 Å². The molecule has 0 spiro atoms. The van der Waals surface area contributed by atoms with Gasteiger partial charge in [0.25, 0.3) is 0 Å². The van der Waals surface area contributed by atoms with Gasteiger partial charge in [-0.05, 0) is 80.1 Å². The van der Waals surface area contributed by atoms with Gasteiger partial charge in [-0.1, -0.05) is 12.5 Å². The average Bonchev–Trinajstić information content (AvgIpc) is 3.09. The summed E-state index contributed by atoms with van der Waals surface area (Å²) in [5, 5.41) is 39.8. The Morgan fingerprint density at radius 2 is 1.81 bits per heavy atom. The Morgan fingerprint density at radius 1 is 1.03 bits per heavy atom. The number of allylic oxidation sites excluding steroid dienone is 1. The van der Waals surface area contributed by atoms with E-state index in [0.29, 0.717) is 30.1 Å². The summed E-state index contributed by atoms with van der Waals surface area (Å²) in [5.41, 5.74) is 1.23. The predicted octanol–water partition coefficient (Wildman–Crippen LogP) is 1.41. The van der Waals surface area contributed by atoms with Gasteiger partial charge in [0, 0.05) is 6.42 Å². The Morgan fingerprint density at radius 3 is 2.56 bits per heavy atom. The van der Waals surface area contributed by atoms with Crippen LogP contribution in [0.1, 0.15) is 58.3 Å². The van der Waals surface area contributed by atoms with Crippen LogP contribution < -0.4 is 0 Å². The summed E-state index contributed by atoms with van der Waals surface area (Å²) in [6.07, 6.45) is 1.41. The van der Waals surface area contributed by atoms with Crippen LogP contribution in [0.5, 0.6) is 0 Å². The number of carboxylic acid groups (broad SMARTS) is 1. The number of carbonyl (C=O) groups excluding carboxylic acids is 1. The second-order valence-corrected chi connectivity index (χ2v) is 10.8. The highest BCUT2D eigenvalue weighted by Crippen LogP contribution is 2.62. The maximum atomic E-state index is 11.9. The molecule has 0 aromatic carbocycles. The molecule has 5 rings (SSSR count). The van der Waals surface area contributed by atoms with E-state index in [-0.39, 0.29) is 17.3 Å². The van der Waals surface area contributed by atoms with Crippen molar-refractivity contribution in [3.8, 4) is 0 Å². The minimum absolute atomic E-state index is 0.115. The van der Waals surface area contributed by atoms with Crippen molar-refractivity contribution >= 4 is 11.8 Å². The molecule has 0 aromatic heterocycles. The quantitative estimate of drug-likeness (QED) is 0.507. The van der Waals surface area contributed by atoms with Crippen molar-refractivity contribution in [1.82, 2.24) is 0 Å². The third kappa shape index (κ3) is 3.46. The smallest absolute Gasteiger partial charge is 0.335 e. The molecule has 4 fully saturated rings. The van der Waals surface area contributed by atoms with Crippen LogP contribution in [0.3, 0.4) is 0 Å². The number of aliphatic hydroxyl groups excluding tert-OH is 3. The minimum Gasteiger partial charge on any atom is -0.479 e. The second kappa shape index (κ2) is 8.17. The SMILES string of the molecule is C[C@]12CC[C@H]3[C@@H](CCC4=CC(=O)CC[C@@H]43)[C@@H]1CC[C@@H]2O[C@@H]1O[C@H](C(=O)O)[C@@H](O)[C@H](O)[C@H]1O. The first-order valence-corrected chi connectivity index (χ1v) is 12.0. The molecule has 1 saturated heterocycles. The molecular formula is C24H34O8. The zero-order valence-corrected chi connectivity index (χ0v) is 18.4. The summed E-state index contributed by atoms with van der Waals surface area (Å²) in [4.78, 5) is 23.3. The predicted molar refractivity (Wildman–Crippen MR) is 111 cm³/mol. The normalized spacial score (nSPS) is 50.8. The molecular weight excluding hydrogens is 416 g/mol. The summed E-state index contributed by atoms with van der Waals surface area (Å²) >= 11 is 0. The van der Waals surface area contributed by atoms with Gasteiger partial charge >= 0.3 is 5.97 Å². The van der Waals surface area contributed by atoms with E-state index < -0.39 is 36.7 Å². The van der Waals surface area contributed by atoms with Crippen molar-refractivity contribution in [3.05, 3.63) is 11.6 Å². The molecule has 5 aliphatic rings. The average molecular weight is 451 g/mol. The second-order valence-electron chi connectivity index (χ2n) is 10.8. The Labute approximate surface area is 187 Å². The molecule has 0 bridgehead atoms. The number of aliphatic carboxylic acids is 1. The third-order valence-electron chi connectivity index (χ3n) is 9.32. The molecule has 0 unspecified atom stereocenters. The van der Waals surface area contributed by atoms with Crippen LogP contribution in [0.4, 0.5) is 0 Å². The first kappa shape index (κ1) is 22.5. The number of rotatable bonds is 3. The van der Waals surface area contributed by atoms with E-state index in [1.165, 1.54) is 5.57 Å². The van der Waals surface area contributed by atoms with Gasteiger partial charge < -0.3 is 29.9 Å². The lowest BCUT2D eigenvalue weighted by atomic mass is 9.52. The summed E-state index contributed by atoms with van der Waals surface area (Å²) in [7, 11) is 0. The maximum Gasteiger partial charge on any atom is 0.335 e. The highest BCUT2D eigenvalue weighted by atomic mass is 16.7. The molecule has 32 heavy (non-hydrogen) atoms. The van der Waals surface area contributed by atoms with Crippen LogP contribution in [0.2, 0.25) is 0 Å².